The smallest absolute Gasteiger partial charge is 0.314 e. The molecule has 1 aliphatic carbocycles. The number of esters is 1. The molecule has 3 aliphatic rings. The van der Waals surface area contributed by atoms with Crippen molar-refractivity contribution < 1.29 is 29.2 Å². The average molecular weight is 242 g/mol. The Hall–Kier alpha value is -0.950. The number of hydrogen-bond acceptors (Lipinski definition) is 6. The molecule has 3 rings (SSSR count). The molecule has 0 amide bonds. The van der Waals surface area contributed by atoms with Crippen LogP contribution in [0.3, 0.4) is 0 Å². The Morgan fingerprint density at radius 2 is 2.35 bits per heavy atom. The van der Waals surface area contributed by atoms with Gasteiger partial charge in [0.15, 0.2) is 12.6 Å². The van der Waals surface area contributed by atoms with Gasteiger partial charge in [-0.05, 0) is 0 Å². The van der Waals surface area contributed by atoms with Crippen molar-refractivity contribution in [2.24, 2.45) is 17.8 Å². The Bertz CT molecular complexity index is 380. The largest absolute Gasteiger partial charge is 0.469 e. The van der Waals surface area contributed by atoms with Crippen molar-refractivity contribution in [3.8, 4) is 0 Å². The van der Waals surface area contributed by atoms with E-state index in [0.29, 0.717) is 0 Å². The summed E-state index contributed by atoms with van der Waals surface area (Å²) in [6.07, 6.45) is 1.43. The van der Waals surface area contributed by atoms with Crippen LogP contribution in [-0.2, 0) is 19.0 Å². The number of allylic oxidation sites excluding steroid dienone is 1. The molecule has 0 aromatic rings. The van der Waals surface area contributed by atoms with Crippen LogP contribution in [0.15, 0.2) is 12.2 Å². The van der Waals surface area contributed by atoms with Gasteiger partial charge in [0, 0.05) is 5.92 Å². The molecule has 94 valence electrons. The first-order valence-corrected chi connectivity index (χ1v) is 5.51. The standard InChI is InChI=1S/C11H14O6/c1-15-8(12)6-5-2-3-11(14)4-16-10(7(5)11)17-9(6)13/h2-3,5-7,9-10,13-14H,4H2,1H3/t5-,6+,7-,9+,10+,11-/m1/s1. The number of aliphatic hydroxyl groups excluding tert-OH is 1. The van der Waals surface area contributed by atoms with Crippen molar-refractivity contribution >= 4 is 5.97 Å². The van der Waals surface area contributed by atoms with Gasteiger partial charge in [-0.15, -0.1) is 0 Å². The normalized spacial score (nSPS) is 51.4. The molecule has 0 saturated carbocycles. The highest BCUT2D eigenvalue weighted by Gasteiger charge is 2.61. The summed E-state index contributed by atoms with van der Waals surface area (Å²) in [4.78, 5) is 11.6. The number of aliphatic hydroxyl groups is 2. The molecule has 2 saturated heterocycles. The van der Waals surface area contributed by atoms with Gasteiger partial charge in [-0.3, -0.25) is 4.79 Å². The van der Waals surface area contributed by atoms with Gasteiger partial charge in [0.2, 0.25) is 0 Å². The lowest BCUT2D eigenvalue weighted by Gasteiger charge is -2.39. The van der Waals surface area contributed by atoms with Crippen LogP contribution in [0.4, 0.5) is 0 Å². The van der Waals surface area contributed by atoms with Crippen LogP contribution < -0.4 is 0 Å². The molecule has 6 nitrogen and oxygen atoms in total. The molecule has 2 N–H and O–H groups in total. The van der Waals surface area contributed by atoms with E-state index in [2.05, 4.69) is 4.74 Å². The van der Waals surface area contributed by atoms with E-state index in [1.807, 2.05) is 0 Å². The van der Waals surface area contributed by atoms with Gasteiger partial charge < -0.3 is 24.4 Å². The van der Waals surface area contributed by atoms with Gasteiger partial charge in [0.05, 0.1) is 19.6 Å². The Morgan fingerprint density at radius 3 is 3.06 bits per heavy atom. The van der Waals surface area contributed by atoms with Crippen molar-refractivity contribution in [3.63, 3.8) is 0 Å². The molecule has 2 aliphatic heterocycles. The zero-order chi connectivity index (χ0) is 12.2. The first-order chi connectivity index (χ1) is 8.07. The molecule has 6 heteroatoms. The number of methoxy groups -OCH3 is 1. The van der Waals surface area contributed by atoms with Crippen molar-refractivity contribution in [1.82, 2.24) is 0 Å². The minimum Gasteiger partial charge on any atom is -0.469 e. The van der Waals surface area contributed by atoms with Gasteiger partial charge in [-0.2, -0.15) is 0 Å². The third-order valence-electron chi connectivity index (χ3n) is 3.84. The van der Waals surface area contributed by atoms with Gasteiger partial charge >= 0.3 is 5.97 Å². The summed E-state index contributed by atoms with van der Waals surface area (Å²) >= 11 is 0. The van der Waals surface area contributed by atoms with E-state index >= 15 is 0 Å². The van der Waals surface area contributed by atoms with Crippen molar-refractivity contribution in [3.05, 3.63) is 12.2 Å². The second kappa shape index (κ2) is 3.52. The van der Waals surface area contributed by atoms with Gasteiger partial charge in [-0.1, -0.05) is 12.2 Å². The molecule has 2 heterocycles. The molecule has 0 spiro atoms. The lowest BCUT2D eigenvalue weighted by molar-refractivity contribution is -0.280. The second-order valence-electron chi connectivity index (χ2n) is 4.71. The third kappa shape index (κ3) is 1.38. The van der Waals surface area contributed by atoms with Gasteiger partial charge in [-0.25, -0.2) is 0 Å². The number of carbonyl (C=O) groups excluding carboxylic acids is 1. The van der Waals surface area contributed by atoms with E-state index in [0.717, 1.165) is 0 Å². The molecular formula is C11H14O6. The zero-order valence-corrected chi connectivity index (χ0v) is 9.28. The molecule has 0 radical (unpaired) electrons. The Morgan fingerprint density at radius 1 is 1.59 bits per heavy atom. The van der Waals surface area contributed by atoms with E-state index in [1.54, 1.807) is 12.2 Å². The second-order valence-corrected chi connectivity index (χ2v) is 4.71. The third-order valence-corrected chi connectivity index (χ3v) is 3.84. The fourth-order valence-electron chi connectivity index (χ4n) is 3.01. The fraction of sp³-hybridized carbons (Fsp3) is 0.727. The summed E-state index contributed by atoms with van der Waals surface area (Å²) in [6, 6.07) is 0. The van der Waals surface area contributed by atoms with Crippen LogP contribution in [0.5, 0.6) is 0 Å². The van der Waals surface area contributed by atoms with Crippen LogP contribution >= 0.6 is 0 Å². The summed E-state index contributed by atoms with van der Waals surface area (Å²) in [7, 11) is 1.26. The summed E-state index contributed by atoms with van der Waals surface area (Å²) in [5, 5.41) is 20.1. The Kier molecular flexibility index (Phi) is 2.31. The highest BCUT2D eigenvalue weighted by Crippen LogP contribution is 2.50. The maximum atomic E-state index is 11.6. The van der Waals surface area contributed by atoms with Crippen LogP contribution in [-0.4, -0.2) is 48.1 Å². The summed E-state index contributed by atoms with van der Waals surface area (Å²) in [6.45, 7) is 0.121. The maximum Gasteiger partial charge on any atom is 0.314 e. The number of rotatable bonds is 1. The summed E-state index contributed by atoms with van der Waals surface area (Å²) < 4.78 is 15.2. The van der Waals surface area contributed by atoms with Gasteiger partial charge in [0.1, 0.15) is 11.5 Å². The predicted molar refractivity (Wildman–Crippen MR) is 53.4 cm³/mol. The minimum absolute atomic E-state index is 0.121. The van der Waals surface area contributed by atoms with Crippen molar-refractivity contribution in [1.29, 1.82) is 0 Å². The predicted octanol–water partition coefficient (Wildman–Crippen LogP) is -0.986. The zero-order valence-electron chi connectivity index (χ0n) is 9.28. The summed E-state index contributed by atoms with van der Waals surface area (Å²) in [5.41, 5.74) is -1.10. The fourth-order valence-corrected chi connectivity index (χ4v) is 3.01. The van der Waals surface area contributed by atoms with E-state index in [4.69, 9.17) is 9.47 Å². The van der Waals surface area contributed by atoms with E-state index in [1.165, 1.54) is 7.11 Å². The minimum atomic E-state index is -1.27. The summed E-state index contributed by atoms with van der Waals surface area (Å²) in [5.74, 6) is -2.02. The van der Waals surface area contributed by atoms with Crippen molar-refractivity contribution in [2.45, 2.75) is 18.2 Å². The monoisotopic (exact) mass is 242 g/mol. The molecule has 0 unspecified atom stereocenters. The molecular weight excluding hydrogens is 228 g/mol. The molecule has 0 aromatic carbocycles. The number of ether oxygens (including phenoxy) is 3. The van der Waals surface area contributed by atoms with E-state index in [9.17, 15) is 15.0 Å². The quantitative estimate of drug-likeness (QED) is 0.454. The Balaban J connectivity index is 1.95. The topological polar surface area (TPSA) is 85.2 Å². The maximum absolute atomic E-state index is 11.6. The SMILES string of the molecule is COC(=O)[C@@H]1[C@H]2C=C[C@@]3(O)CO[C@@H](O[C@@H]1O)[C@@H]23. The van der Waals surface area contributed by atoms with Crippen LogP contribution in [0.25, 0.3) is 0 Å². The molecule has 2 fully saturated rings. The van der Waals surface area contributed by atoms with Crippen molar-refractivity contribution in [2.75, 3.05) is 13.7 Å². The highest BCUT2D eigenvalue weighted by atomic mass is 16.7. The molecule has 6 atom stereocenters. The molecule has 0 aromatic heterocycles. The lowest BCUT2D eigenvalue weighted by atomic mass is 9.77. The first-order valence-electron chi connectivity index (χ1n) is 5.51. The van der Waals surface area contributed by atoms with Gasteiger partial charge in [0.25, 0.3) is 0 Å². The molecule has 0 bridgehead atoms. The number of carbonyl (C=O) groups is 1. The van der Waals surface area contributed by atoms with E-state index < -0.39 is 30.1 Å². The molecule has 17 heavy (non-hydrogen) atoms. The van der Waals surface area contributed by atoms with E-state index in [-0.39, 0.29) is 18.4 Å². The number of hydrogen-bond donors (Lipinski definition) is 2. The van der Waals surface area contributed by atoms with Crippen LogP contribution in [0.2, 0.25) is 0 Å². The first kappa shape index (κ1) is 11.2. The lowest BCUT2D eigenvalue weighted by Crippen LogP contribution is -2.51. The highest BCUT2D eigenvalue weighted by molar-refractivity contribution is 5.74. The van der Waals surface area contributed by atoms with Crippen LogP contribution in [0.1, 0.15) is 0 Å². The Labute approximate surface area is 97.8 Å². The van der Waals surface area contributed by atoms with Crippen LogP contribution in [0, 0.1) is 17.8 Å². The average Bonchev–Trinajstić information content (AvgIpc) is 2.80.